The number of carboxylic acid groups (broad SMARTS) is 2. The molecule has 0 saturated carbocycles. The Balaban J connectivity index is 1.89. The Morgan fingerprint density at radius 2 is 1.74 bits per heavy atom. The molecule has 6 heteroatoms. The monoisotopic (exact) mass is 367 g/mol. The van der Waals surface area contributed by atoms with Crippen molar-refractivity contribution >= 4 is 22.8 Å². The largest absolute Gasteiger partial charge is 0.479 e. The summed E-state index contributed by atoms with van der Waals surface area (Å²) in [6, 6.07) is 12.5. The van der Waals surface area contributed by atoms with Gasteiger partial charge in [0.1, 0.15) is 5.75 Å². The minimum Gasteiger partial charge on any atom is -0.479 e. The molecular formula is C21H21NO5. The number of carboxylic acids is 2. The molecule has 0 fully saturated rings. The van der Waals surface area contributed by atoms with Gasteiger partial charge in [-0.1, -0.05) is 12.1 Å². The van der Waals surface area contributed by atoms with Crippen LogP contribution in [0.25, 0.3) is 10.9 Å². The van der Waals surface area contributed by atoms with Crippen LogP contribution in [0.3, 0.4) is 0 Å². The van der Waals surface area contributed by atoms with E-state index in [0.717, 1.165) is 27.7 Å². The van der Waals surface area contributed by atoms with Crippen molar-refractivity contribution in [3.63, 3.8) is 0 Å². The summed E-state index contributed by atoms with van der Waals surface area (Å²) in [5, 5.41) is 19.1. The number of aromatic carboxylic acids is 1. The predicted molar refractivity (Wildman–Crippen MR) is 102 cm³/mol. The molecule has 0 aliphatic carbocycles. The van der Waals surface area contributed by atoms with Crippen LogP contribution < -0.4 is 4.74 Å². The molecule has 0 aliphatic rings. The molecule has 6 nitrogen and oxygen atoms in total. The Bertz CT molecular complexity index is 1020. The first-order valence-electron chi connectivity index (χ1n) is 8.59. The van der Waals surface area contributed by atoms with Gasteiger partial charge in [-0.15, -0.1) is 0 Å². The van der Waals surface area contributed by atoms with Crippen molar-refractivity contribution in [3.8, 4) is 5.75 Å². The number of aliphatic carboxylic acids is 1. The molecule has 0 spiro atoms. The summed E-state index contributed by atoms with van der Waals surface area (Å²) in [4.78, 5) is 22.1. The lowest BCUT2D eigenvalue weighted by Crippen LogP contribution is -2.22. The molecule has 0 aliphatic heterocycles. The van der Waals surface area contributed by atoms with Crippen molar-refractivity contribution in [2.75, 3.05) is 0 Å². The van der Waals surface area contributed by atoms with Crippen LogP contribution in [0, 0.1) is 13.8 Å². The van der Waals surface area contributed by atoms with Gasteiger partial charge in [0.15, 0.2) is 6.10 Å². The van der Waals surface area contributed by atoms with Gasteiger partial charge in [-0.2, -0.15) is 0 Å². The summed E-state index contributed by atoms with van der Waals surface area (Å²) in [5.41, 5.74) is 4.43. The fourth-order valence-corrected chi connectivity index (χ4v) is 3.10. The fraction of sp³-hybridized carbons (Fsp3) is 0.238. The summed E-state index contributed by atoms with van der Waals surface area (Å²) in [6.07, 6.45) is -0.905. The molecule has 0 bridgehead atoms. The number of aryl methyl sites for hydroxylation is 1. The highest BCUT2D eigenvalue weighted by Gasteiger charge is 2.15. The van der Waals surface area contributed by atoms with Gasteiger partial charge in [0.2, 0.25) is 0 Å². The number of hydrogen-bond donors (Lipinski definition) is 2. The molecule has 1 heterocycles. The van der Waals surface area contributed by atoms with Gasteiger partial charge in [-0.05, 0) is 62.2 Å². The van der Waals surface area contributed by atoms with Crippen LogP contribution in [0.1, 0.15) is 34.1 Å². The first-order chi connectivity index (χ1) is 12.8. The van der Waals surface area contributed by atoms with Crippen molar-refractivity contribution in [3.05, 3.63) is 64.8 Å². The summed E-state index contributed by atoms with van der Waals surface area (Å²) < 4.78 is 7.50. The lowest BCUT2D eigenvalue weighted by atomic mass is 10.1. The maximum absolute atomic E-state index is 11.2. The van der Waals surface area contributed by atoms with E-state index >= 15 is 0 Å². The maximum Gasteiger partial charge on any atom is 0.344 e. The lowest BCUT2D eigenvalue weighted by Gasteiger charge is -2.12. The fourth-order valence-electron chi connectivity index (χ4n) is 3.10. The van der Waals surface area contributed by atoms with E-state index in [1.807, 2.05) is 32.0 Å². The number of aromatic nitrogens is 1. The number of hydrogen-bond acceptors (Lipinski definition) is 3. The quantitative estimate of drug-likeness (QED) is 0.691. The molecule has 0 radical (unpaired) electrons. The van der Waals surface area contributed by atoms with E-state index in [-0.39, 0.29) is 5.56 Å². The smallest absolute Gasteiger partial charge is 0.344 e. The Morgan fingerprint density at radius 1 is 1.07 bits per heavy atom. The molecule has 0 saturated heterocycles. The molecule has 3 aromatic rings. The predicted octanol–water partition coefficient (Wildman–Crippen LogP) is 3.86. The summed E-state index contributed by atoms with van der Waals surface area (Å²) in [7, 11) is 0. The third kappa shape index (κ3) is 3.65. The van der Waals surface area contributed by atoms with Crippen LogP contribution in [-0.2, 0) is 11.3 Å². The highest BCUT2D eigenvalue weighted by Crippen LogP contribution is 2.27. The molecule has 2 N–H and O–H groups in total. The second kappa shape index (κ2) is 7.15. The molecule has 2 aromatic carbocycles. The number of rotatable bonds is 6. The Kier molecular flexibility index (Phi) is 4.90. The lowest BCUT2D eigenvalue weighted by molar-refractivity contribution is -0.144. The standard InChI is InChI=1S/C21H21NO5/c1-12-13(2)22(19-9-6-16(21(25)26)10-18(12)19)11-15-4-7-17(8-5-15)27-14(3)20(23)24/h4-10,14H,11H2,1-3H3,(H,23,24)(H,25,26)/t14-/m1/s1. The Hall–Kier alpha value is -3.28. The van der Waals surface area contributed by atoms with Crippen LogP contribution in [0.15, 0.2) is 42.5 Å². The van der Waals surface area contributed by atoms with E-state index in [4.69, 9.17) is 9.84 Å². The van der Waals surface area contributed by atoms with E-state index in [0.29, 0.717) is 12.3 Å². The number of carbonyl (C=O) groups is 2. The molecular weight excluding hydrogens is 346 g/mol. The molecule has 0 unspecified atom stereocenters. The highest BCUT2D eigenvalue weighted by molar-refractivity contribution is 5.95. The van der Waals surface area contributed by atoms with Crippen molar-refractivity contribution in [2.45, 2.75) is 33.4 Å². The Morgan fingerprint density at radius 3 is 2.33 bits per heavy atom. The van der Waals surface area contributed by atoms with Gasteiger partial charge >= 0.3 is 11.9 Å². The third-order valence-corrected chi connectivity index (χ3v) is 4.81. The van der Waals surface area contributed by atoms with Crippen LogP contribution in [0.4, 0.5) is 0 Å². The minimum atomic E-state index is -1.01. The number of ether oxygens (including phenoxy) is 1. The van der Waals surface area contributed by atoms with Crippen LogP contribution in [0.5, 0.6) is 5.75 Å². The van der Waals surface area contributed by atoms with Gasteiger partial charge in [-0.25, -0.2) is 9.59 Å². The van der Waals surface area contributed by atoms with Gasteiger partial charge < -0.3 is 19.5 Å². The minimum absolute atomic E-state index is 0.275. The summed E-state index contributed by atoms with van der Waals surface area (Å²) in [6.45, 7) is 6.11. The van der Waals surface area contributed by atoms with E-state index in [2.05, 4.69) is 4.57 Å². The first kappa shape index (κ1) is 18.5. The second-order valence-electron chi connectivity index (χ2n) is 6.58. The van der Waals surface area contributed by atoms with Crippen molar-refractivity contribution < 1.29 is 24.5 Å². The van der Waals surface area contributed by atoms with Gasteiger partial charge in [0, 0.05) is 23.1 Å². The number of benzene rings is 2. The third-order valence-electron chi connectivity index (χ3n) is 4.81. The normalized spacial score (nSPS) is 12.1. The van der Waals surface area contributed by atoms with E-state index in [1.54, 1.807) is 24.3 Å². The van der Waals surface area contributed by atoms with Crippen molar-refractivity contribution in [1.82, 2.24) is 4.57 Å². The average Bonchev–Trinajstić information content (AvgIpc) is 2.87. The van der Waals surface area contributed by atoms with E-state index in [9.17, 15) is 14.7 Å². The SMILES string of the molecule is Cc1c(C)n(Cc2ccc(O[C@H](C)C(=O)O)cc2)c2ccc(C(=O)O)cc12. The van der Waals surface area contributed by atoms with Crippen LogP contribution >= 0.6 is 0 Å². The van der Waals surface area contributed by atoms with E-state index in [1.165, 1.54) is 6.92 Å². The average molecular weight is 367 g/mol. The number of fused-ring (bicyclic) bond motifs is 1. The summed E-state index contributed by atoms with van der Waals surface area (Å²) in [5.74, 6) is -1.44. The molecule has 1 atom stereocenters. The molecule has 3 rings (SSSR count). The zero-order valence-electron chi connectivity index (χ0n) is 15.4. The molecule has 27 heavy (non-hydrogen) atoms. The topological polar surface area (TPSA) is 88.8 Å². The zero-order chi connectivity index (χ0) is 19.7. The highest BCUT2D eigenvalue weighted by atomic mass is 16.5. The summed E-state index contributed by atoms with van der Waals surface area (Å²) >= 11 is 0. The Labute approximate surface area is 156 Å². The molecule has 140 valence electrons. The first-order valence-corrected chi connectivity index (χ1v) is 8.59. The maximum atomic E-state index is 11.2. The van der Waals surface area contributed by atoms with Crippen LogP contribution in [0.2, 0.25) is 0 Å². The molecule has 1 aromatic heterocycles. The van der Waals surface area contributed by atoms with Gasteiger partial charge in [0.05, 0.1) is 5.56 Å². The molecule has 0 amide bonds. The zero-order valence-corrected chi connectivity index (χ0v) is 15.4. The van der Waals surface area contributed by atoms with Gasteiger partial charge in [0.25, 0.3) is 0 Å². The van der Waals surface area contributed by atoms with Crippen LogP contribution in [-0.4, -0.2) is 32.8 Å². The van der Waals surface area contributed by atoms with E-state index < -0.39 is 18.0 Å². The van der Waals surface area contributed by atoms with Crippen molar-refractivity contribution in [2.24, 2.45) is 0 Å². The second-order valence-corrected chi connectivity index (χ2v) is 6.58. The number of nitrogens with zero attached hydrogens (tertiary/aromatic N) is 1. The van der Waals surface area contributed by atoms with Gasteiger partial charge in [-0.3, -0.25) is 0 Å². The van der Waals surface area contributed by atoms with Crippen molar-refractivity contribution in [1.29, 1.82) is 0 Å².